The summed E-state index contributed by atoms with van der Waals surface area (Å²) in [6, 6.07) is 9.04. The fourth-order valence-electron chi connectivity index (χ4n) is 2.57. The lowest BCUT2D eigenvalue weighted by molar-refractivity contribution is 0.0952. The minimum atomic E-state index is -0.201. The molecule has 2 heterocycles. The maximum absolute atomic E-state index is 12.6. The highest BCUT2D eigenvalue weighted by atomic mass is 16.2. The zero-order chi connectivity index (χ0) is 16.4. The third kappa shape index (κ3) is 2.85. The van der Waals surface area contributed by atoms with E-state index in [9.17, 15) is 9.59 Å². The summed E-state index contributed by atoms with van der Waals surface area (Å²) in [7, 11) is 1.65. The summed E-state index contributed by atoms with van der Waals surface area (Å²) in [6.45, 7) is 2.38. The second-order valence-electron chi connectivity index (χ2n) is 5.49. The van der Waals surface area contributed by atoms with Crippen molar-refractivity contribution in [1.29, 1.82) is 0 Å². The number of aromatic nitrogens is 2. The average molecular weight is 307 g/mol. The summed E-state index contributed by atoms with van der Waals surface area (Å²) in [5.41, 5.74) is 2.43. The van der Waals surface area contributed by atoms with Crippen LogP contribution in [0.25, 0.3) is 10.8 Å². The third-order valence-electron chi connectivity index (χ3n) is 3.91. The Morgan fingerprint density at radius 3 is 2.70 bits per heavy atom. The van der Waals surface area contributed by atoms with Crippen molar-refractivity contribution in [2.24, 2.45) is 7.05 Å². The Bertz CT molecular complexity index is 944. The third-order valence-corrected chi connectivity index (χ3v) is 3.91. The van der Waals surface area contributed by atoms with E-state index >= 15 is 0 Å². The largest absolute Gasteiger partial charge is 0.348 e. The minimum absolute atomic E-state index is 0.109. The van der Waals surface area contributed by atoms with Gasteiger partial charge in [0.25, 0.3) is 11.5 Å². The molecule has 116 valence electrons. The van der Waals surface area contributed by atoms with Crippen LogP contribution in [-0.4, -0.2) is 15.5 Å². The molecule has 3 aromatic rings. The first kappa shape index (κ1) is 15.0. The number of rotatable bonds is 3. The molecule has 0 fully saturated rings. The van der Waals surface area contributed by atoms with Gasteiger partial charge in [-0.05, 0) is 30.2 Å². The van der Waals surface area contributed by atoms with Gasteiger partial charge in [-0.1, -0.05) is 18.2 Å². The Hall–Kier alpha value is -2.95. The van der Waals surface area contributed by atoms with Gasteiger partial charge in [-0.3, -0.25) is 14.6 Å². The van der Waals surface area contributed by atoms with Crippen LogP contribution in [0.3, 0.4) is 0 Å². The molecule has 3 rings (SSSR count). The van der Waals surface area contributed by atoms with Crippen molar-refractivity contribution >= 4 is 16.7 Å². The van der Waals surface area contributed by atoms with Crippen LogP contribution in [0.2, 0.25) is 0 Å². The topological polar surface area (TPSA) is 64.0 Å². The van der Waals surface area contributed by atoms with Crippen molar-refractivity contribution in [2.45, 2.75) is 13.5 Å². The zero-order valence-electron chi connectivity index (χ0n) is 13.0. The molecule has 0 aliphatic rings. The molecule has 0 spiro atoms. The second kappa shape index (κ2) is 6.04. The van der Waals surface area contributed by atoms with Crippen LogP contribution in [-0.2, 0) is 13.6 Å². The molecular formula is C18H17N3O2. The fraction of sp³-hybridized carbons (Fsp3) is 0.167. The van der Waals surface area contributed by atoms with E-state index in [0.717, 1.165) is 11.1 Å². The maximum Gasteiger partial charge on any atom is 0.258 e. The lowest BCUT2D eigenvalue weighted by atomic mass is 10.1. The highest BCUT2D eigenvalue weighted by Crippen LogP contribution is 2.15. The molecule has 0 radical (unpaired) electrons. The number of nitrogens with one attached hydrogen (secondary N) is 1. The van der Waals surface area contributed by atoms with Gasteiger partial charge in [0.15, 0.2) is 0 Å². The van der Waals surface area contributed by atoms with E-state index < -0.39 is 0 Å². The molecule has 0 saturated carbocycles. The van der Waals surface area contributed by atoms with Gasteiger partial charge < -0.3 is 9.88 Å². The zero-order valence-corrected chi connectivity index (χ0v) is 13.0. The number of hydrogen-bond donors (Lipinski definition) is 1. The smallest absolute Gasteiger partial charge is 0.258 e. The van der Waals surface area contributed by atoms with Gasteiger partial charge >= 0.3 is 0 Å². The van der Waals surface area contributed by atoms with Gasteiger partial charge in [-0.2, -0.15) is 0 Å². The first-order chi connectivity index (χ1) is 11.1. The van der Waals surface area contributed by atoms with Gasteiger partial charge in [-0.15, -0.1) is 0 Å². The predicted octanol–water partition coefficient (Wildman–Crippen LogP) is 2.17. The molecule has 0 saturated heterocycles. The lowest BCUT2D eigenvalue weighted by Crippen LogP contribution is -2.26. The van der Waals surface area contributed by atoms with Gasteiger partial charge in [0, 0.05) is 43.0 Å². The van der Waals surface area contributed by atoms with E-state index in [2.05, 4.69) is 10.3 Å². The van der Waals surface area contributed by atoms with E-state index in [4.69, 9.17) is 0 Å². The molecule has 5 heteroatoms. The van der Waals surface area contributed by atoms with E-state index in [0.29, 0.717) is 22.9 Å². The fourth-order valence-corrected chi connectivity index (χ4v) is 2.57. The number of carbonyl (C=O) groups is 1. The Labute approximate surface area is 133 Å². The number of pyridine rings is 2. The molecule has 1 amide bonds. The SMILES string of the molecule is Cc1cnccc1CNC(=O)c1cn(C)c(=O)c2ccccc12. The van der Waals surface area contributed by atoms with Crippen molar-refractivity contribution in [2.75, 3.05) is 0 Å². The molecule has 0 bridgehead atoms. The first-order valence-corrected chi connectivity index (χ1v) is 7.34. The molecule has 2 aromatic heterocycles. The van der Waals surface area contributed by atoms with Crippen LogP contribution >= 0.6 is 0 Å². The Kier molecular flexibility index (Phi) is 3.93. The predicted molar refractivity (Wildman–Crippen MR) is 89.3 cm³/mol. The minimum Gasteiger partial charge on any atom is -0.348 e. The van der Waals surface area contributed by atoms with Crippen molar-refractivity contribution < 1.29 is 4.79 Å². The number of aryl methyl sites for hydroxylation is 2. The summed E-state index contributed by atoms with van der Waals surface area (Å²) < 4.78 is 1.44. The monoisotopic (exact) mass is 307 g/mol. The van der Waals surface area contributed by atoms with Crippen molar-refractivity contribution in [1.82, 2.24) is 14.9 Å². The number of benzene rings is 1. The van der Waals surface area contributed by atoms with Crippen LogP contribution in [0.5, 0.6) is 0 Å². The number of carbonyl (C=O) groups excluding carboxylic acids is 1. The number of nitrogens with zero attached hydrogens (tertiary/aromatic N) is 2. The van der Waals surface area contributed by atoms with E-state index in [1.54, 1.807) is 43.8 Å². The molecular weight excluding hydrogens is 290 g/mol. The summed E-state index contributed by atoms with van der Waals surface area (Å²) in [5.74, 6) is -0.201. The molecule has 0 aliphatic heterocycles. The van der Waals surface area contributed by atoms with Crippen molar-refractivity contribution in [3.8, 4) is 0 Å². The Morgan fingerprint density at radius 2 is 1.96 bits per heavy atom. The molecule has 5 nitrogen and oxygen atoms in total. The van der Waals surface area contributed by atoms with E-state index in [1.165, 1.54) is 4.57 Å². The molecule has 0 unspecified atom stereocenters. The molecule has 0 aliphatic carbocycles. The van der Waals surface area contributed by atoms with Crippen LogP contribution in [0.4, 0.5) is 0 Å². The first-order valence-electron chi connectivity index (χ1n) is 7.34. The van der Waals surface area contributed by atoms with Crippen LogP contribution in [0, 0.1) is 6.92 Å². The second-order valence-corrected chi connectivity index (χ2v) is 5.49. The number of fused-ring (bicyclic) bond motifs is 1. The standard InChI is InChI=1S/C18H17N3O2/c1-12-9-19-8-7-13(12)10-20-17(22)16-11-21(2)18(23)15-6-4-3-5-14(15)16/h3-9,11H,10H2,1-2H3,(H,20,22). The van der Waals surface area contributed by atoms with Crippen LogP contribution < -0.4 is 10.9 Å². The molecule has 1 aromatic carbocycles. The summed E-state index contributed by atoms with van der Waals surface area (Å²) in [5, 5.41) is 4.12. The van der Waals surface area contributed by atoms with Crippen LogP contribution in [0.15, 0.2) is 53.7 Å². The quantitative estimate of drug-likeness (QED) is 0.806. The van der Waals surface area contributed by atoms with Crippen LogP contribution in [0.1, 0.15) is 21.5 Å². The van der Waals surface area contributed by atoms with Gasteiger partial charge in [0.1, 0.15) is 0 Å². The van der Waals surface area contributed by atoms with Gasteiger partial charge in [-0.25, -0.2) is 0 Å². The van der Waals surface area contributed by atoms with Gasteiger partial charge in [0.2, 0.25) is 0 Å². The molecule has 1 N–H and O–H groups in total. The van der Waals surface area contributed by atoms with Crippen molar-refractivity contribution in [3.05, 3.63) is 76.0 Å². The summed E-state index contributed by atoms with van der Waals surface area (Å²) >= 11 is 0. The summed E-state index contributed by atoms with van der Waals surface area (Å²) in [6.07, 6.45) is 5.05. The maximum atomic E-state index is 12.6. The average Bonchev–Trinajstić information content (AvgIpc) is 2.57. The highest BCUT2D eigenvalue weighted by molar-refractivity contribution is 6.06. The number of amides is 1. The highest BCUT2D eigenvalue weighted by Gasteiger charge is 2.13. The van der Waals surface area contributed by atoms with Gasteiger partial charge in [0.05, 0.1) is 5.56 Å². The molecule has 0 atom stereocenters. The summed E-state index contributed by atoms with van der Waals surface area (Å²) in [4.78, 5) is 28.8. The van der Waals surface area contributed by atoms with E-state index in [1.807, 2.05) is 19.1 Å². The molecule has 23 heavy (non-hydrogen) atoms. The lowest BCUT2D eigenvalue weighted by Gasteiger charge is -2.11. The normalized spacial score (nSPS) is 10.7. The van der Waals surface area contributed by atoms with Crippen molar-refractivity contribution in [3.63, 3.8) is 0 Å². The Balaban J connectivity index is 1.94. The number of hydrogen-bond acceptors (Lipinski definition) is 3. The van der Waals surface area contributed by atoms with E-state index in [-0.39, 0.29) is 11.5 Å². The Morgan fingerprint density at radius 1 is 1.22 bits per heavy atom.